The highest BCUT2D eigenvalue weighted by Gasteiger charge is 2.52. The minimum Gasteiger partial charge on any atom is -0.465 e. The molecular formula is C33H45FN6O4. The number of piperazine rings is 2. The Kier molecular flexibility index (Phi) is 8.50. The first kappa shape index (κ1) is 31.8. The Morgan fingerprint density at radius 3 is 2.45 bits per heavy atom. The van der Waals surface area contributed by atoms with E-state index in [2.05, 4.69) is 24.1 Å². The van der Waals surface area contributed by atoms with E-state index in [0.717, 1.165) is 22.5 Å². The molecule has 4 heterocycles. The predicted molar refractivity (Wildman–Crippen MR) is 166 cm³/mol. The Morgan fingerprint density at radius 2 is 1.82 bits per heavy atom. The Morgan fingerprint density at radius 1 is 1.11 bits per heavy atom. The minimum absolute atomic E-state index is 0.0517. The number of nitrogens with zero attached hydrogens (tertiary/aromatic N) is 5. The molecule has 0 saturated carbocycles. The summed E-state index contributed by atoms with van der Waals surface area (Å²) in [5.41, 5.74) is 2.04. The number of hydrogen-bond acceptors (Lipinski definition) is 6. The summed E-state index contributed by atoms with van der Waals surface area (Å²) in [4.78, 5) is 51.3. The maximum absolute atomic E-state index is 14.2. The zero-order valence-electron chi connectivity index (χ0n) is 26.7. The number of fused-ring (bicyclic) bond motifs is 1. The lowest BCUT2D eigenvalue weighted by Crippen LogP contribution is -2.72. The van der Waals surface area contributed by atoms with Gasteiger partial charge < -0.3 is 15.3 Å². The molecule has 238 valence electrons. The van der Waals surface area contributed by atoms with Crippen molar-refractivity contribution in [2.24, 2.45) is 5.41 Å². The van der Waals surface area contributed by atoms with Gasteiger partial charge in [0.1, 0.15) is 5.82 Å². The second kappa shape index (κ2) is 11.7. The first-order valence-corrected chi connectivity index (χ1v) is 15.4. The van der Waals surface area contributed by atoms with E-state index in [9.17, 15) is 23.9 Å². The van der Waals surface area contributed by atoms with Crippen molar-refractivity contribution in [3.8, 4) is 0 Å². The fraction of sp³-hybridized carbons (Fsp3) is 0.576. The zero-order valence-corrected chi connectivity index (χ0v) is 26.7. The summed E-state index contributed by atoms with van der Waals surface area (Å²) >= 11 is 0. The van der Waals surface area contributed by atoms with E-state index in [-0.39, 0.29) is 48.7 Å². The Labute approximate surface area is 259 Å². The normalized spacial score (nSPS) is 24.2. The number of carboxylic acid groups (broad SMARTS) is 1. The number of anilines is 1. The SMILES string of the molecule is CC1(C)CN(C(=O)CN2C[C@@](C)(C(C)(C)C)N(C(=O)O)C[C@@H]2CN2CCNC(=O)C2)c2cc(Cc3ccc(F)cc3)cnc21. The van der Waals surface area contributed by atoms with Gasteiger partial charge in [-0.25, -0.2) is 9.18 Å². The molecule has 3 aliphatic rings. The lowest BCUT2D eigenvalue weighted by atomic mass is 9.71. The third kappa shape index (κ3) is 6.30. The largest absolute Gasteiger partial charge is 0.465 e. The van der Waals surface area contributed by atoms with Crippen molar-refractivity contribution in [1.29, 1.82) is 0 Å². The highest BCUT2D eigenvalue weighted by Crippen LogP contribution is 2.42. The number of benzene rings is 1. The number of carbonyl (C=O) groups is 3. The second-order valence-corrected chi connectivity index (χ2v) is 14.4. The number of amides is 3. The molecule has 11 heteroatoms. The molecule has 2 N–H and O–H groups in total. The molecule has 5 rings (SSSR count). The van der Waals surface area contributed by atoms with E-state index < -0.39 is 17.0 Å². The van der Waals surface area contributed by atoms with Crippen molar-refractivity contribution in [3.05, 3.63) is 59.2 Å². The van der Waals surface area contributed by atoms with Crippen molar-refractivity contribution < 1.29 is 23.9 Å². The van der Waals surface area contributed by atoms with E-state index >= 15 is 0 Å². The van der Waals surface area contributed by atoms with Crippen molar-refractivity contribution in [1.82, 2.24) is 25.0 Å². The van der Waals surface area contributed by atoms with E-state index in [1.54, 1.807) is 12.1 Å². The van der Waals surface area contributed by atoms with E-state index in [4.69, 9.17) is 4.98 Å². The molecule has 2 fully saturated rings. The van der Waals surface area contributed by atoms with Gasteiger partial charge in [-0.2, -0.15) is 0 Å². The summed E-state index contributed by atoms with van der Waals surface area (Å²) < 4.78 is 13.5. The number of carbonyl (C=O) groups excluding carboxylic acids is 2. The minimum atomic E-state index is -0.982. The number of nitrogens with one attached hydrogen (secondary N) is 1. The molecule has 2 atom stereocenters. The number of aromatic nitrogens is 1. The van der Waals surface area contributed by atoms with Crippen molar-refractivity contribution in [3.63, 3.8) is 0 Å². The number of hydrogen-bond donors (Lipinski definition) is 2. The van der Waals surface area contributed by atoms with Crippen LogP contribution in [0.1, 0.15) is 58.4 Å². The molecule has 44 heavy (non-hydrogen) atoms. The van der Waals surface area contributed by atoms with E-state index in [1.807, 2.05) is 49.8 Å². The van der Waals surface area contributed by atoms with E-state index in [0.29, 0.717) is 39.1 Å². The molecule has 1 aromatic heterocycles. The second-order valence-electron chi connectivity index (χ2n) is 14.4. The first-order valence-electron chi connectivity index (χ1n) is 15.4. The van der Waals surface area contributed by atoms with Crippen LogP contribution >= 0.6 is 0 Å². The molecule has 0 unspecified atom stereocenters. The quantitative estimate of drug-likeness (QED) is 0.518. The topological polar surface area (TPSA) is 109 Å². The summed E-state index contributed by atoms with van der Waals surface area (Å²) in [7, 11) is 0. The van der Waals surface area contributed by atoms with Gasteiger partial charge >= 0.3 is 6.09 Å². The highest BCUT2D eigenvalue weighted by molar-refractivity contribution is 5.97. The Bertz CT molecular complexity index is 1420. The van der Waals surface area contributed by atoms with Crippen LogP contribution in [0.3, 0.4) is 0 Å². The van der Waals surface area contributed by atoms with Crippen molar-refractivity contribution in [2.45, 2.75) is 65.0 Å². The molecule has 2 aromatic rings. The van der Waals surface area contributed by atoms with Gasteiger partial charge in [-0.3, -0.25) is 29.3 Å². The third-order valence-corrected chi connectivity index (χ3v) is 9.82. The number of rotatable bonds is 6. The standard InChI is InChI=1S/C33H45FN6O4/c1-31(2,3)33(6)21-38(25(17-40(33)30(43)44)16-37-12-11-35-27(41)18-37)19-28(42)39-20-32(4,5)29-26(39)14-23(15-36-29)13-22-7-9-24(34)10-8-22/h7-10,14-15,25H,11-13,16-21H2,1-6H3,(H,35,41)(H,43,44)/t25-,33-/m0/s1. The molecule has 0 spiro atoms. The Hall–Kier alpha value is -3.57. The van der Waals surface area contributed by atoms with Gasteiger partial charge in [-0.15, -0.1) is 0 Å². The average molecular weight is 609 g/mol. The van der Waals surface area contributed by atoms with Crippen LogP contribution in [0.4, 0.5) is 14.9 Å². The lowest BCUT2D eigenvalue weighted by molar-refractivity contribution is -0.128. The van der Waals surface area contributed by atoms with Crippen LogP contribution in [0, 0.1) is 11.2 Å². The van der Waals surface area contributed by atoms with Gasteiger partial charge in [-0.05, 0) is 48.1 Å². The van der Waals surface area contributed by atoms with Crippen LogP contribution in [-0.4, -0.2) is 107 Å². The van der Waals surface area contributed by atoms with E-state index in [1.165, 1.54) is 17.0 Å². The summed E-state index contributed by atoms with van der Waals surface area (Å²) in [6.45, 7) is 15.4. The average Bonchev–Trinajstić information content (AvgIpc) is 3.20. The molecule has 2 saturated heterocycles. The molecule has 3 amide bonds. The molecule has 10 nitrogen and oxygen atoms in total. The smallest absolute Gasteiger partial charge is 0.407 e. The zero-order chi connectivity index (χ0) is 32.0. The highest BCUT2D eigenvalue weighted by atomic mass is 19.1. The van der Waals surface area contributed by atoms with Gasteiger partial charge in [0.25, 0.3) is 0 Å². The van der Waals surface area contributed by atoms with Crippen molar-refractivity contribution >= 4 is 23.6 Å². The monoisotopic (exact) mass is 608 g/mol. The van der Waals surface area contributed by atoms with Gasteiger partial charge in [0, 0.05) is 56.9 Å². The molecule has 0 radical (unpaired) electrons. The lowest BCUT2D eigenvalue weighted by Gasteiger charge is -2.57. The third-order valence-electron chi connectivity index (χ3n) is 9.82. The molecular weight excluding hydrogens is 563 g/mol. The van der Waals surface area contributed by atoms with Gasteiger partial charge in [-0.1, -0.05) is 46.8 Å². The number of pyridine rings is 1. The van der Waals surface area contributed by atoms with Crippen LogP contribution in [0.2, 0.25) is 0 Å². The molecule has 0 bridgehead atoms. The molecule has 1 aromatic carbocycles. The van der Waals surface area contributed by atoms with Crippen molar-refractivity contribution in [2.75, 3.05) is 57.3 Å². The maximum atomic E-state index is 14.2. The van der Waals surface area contributed by atoms with Crippen LogP contribution in [0.25, 0.3) is 0 Å². The molecule has 3 aliphatic heterocycles. The van der Waals surface area contributed by atoms with Crippen LogP contribution < -0.4 is 10.2 Å². The van der Waals surface area contributed by atoms with Crippen LogP contribution in [0.15, 0.2) is 36.5 Å². The van der Waals surface area contributed by atoms with Crippen LogP contribution in [-0.2, 0) is 21.4 Å². The predicted octanol–water partition coefficient (Wildman–Crippen LogP) is 3.34. The number of halogens is 1. The summed E-state index contributed by atoms with van der Waals surface area (Å²) in [5, 5.41) is 13.1. The molecule has 0 aliphatic carbocycles. The fourth-order valence-corrected chi connectivity index (χ4v) is 6.77. The van der Waals surface area contributed by atoms with Gasteiger partial charge in [0.15, 0.2) is 0 Å². The van der Waals surface area contributed by atoms with Gasteiger partial charge in [0.05, 0.1) is 30.0 Å². The maximum Gasteiger partial charge on any atom is 0.407 e. The summed E-state index contributed by atoms with van der Waals surface area (Å²) in [6.07, 6.45) is 1.42. The summed E-state index contributed by atoms with van der Waals surface area (Å²) in [6, 6.07) is 8.14. The first-order chi connectivity index (χ1) is 20.6. The van der Waals surface area contributed by atoms with Gasteiger partial charge in [0.2, 0.25) is 11.8 Å². The summed E-state index contributed by atoms with van der Waals surface area (Å²) in [5.74, 6) is -0.406. The Balaban J connectivity index is 1.43. The van der Waals surface area contributed by atoms with Crippen LogP contribution in [0.5, 0.6) is 0 Å². The fourth-order valence-electron chi connectivity index (χ4n) is 6.77.